The zero-order valence-corrected chi connectivity index (χ0v) is 16.3. The molecular weight excluding hydrogens is 340 g/mol. The van der Waals surface area contributed by atoms with Gasteiger partial charge >= 0.3 is 0 Å². The van der Waals surface area contributed by atoms with Gasteiger partial charge in [0, 0.05) is 31.5 Å². The topological polar surface area (TPSA) is 67.4 Å². The number of rotatable bonds is 6. The molecule has 1 aliphatic heterocycles. The highest BCUT2D eigenvalue weighted by Gasteiger charge is 2.27. The van der Waals surface area contributed by atoms with Gasteiger partial charge in [-0.25, -0.2) is 9.97 Å². The number of nitrogens with zero attached hydrogens (tertiary/aromatic N) is 3. The molecule has 144 valence electrons. The minimum Gasteiger partial charge on any atom is -0.491 e. The fourth-order valence-electron chi connectivity index (χ4n) is 3.25. The summed E-state index contributed by atoms with van der Waals surface area (Å²) in [5.41, 5.74) is 2.01. The number of nitrogens with one attached hydrogen (secondary N) is 1. The van der Waals surface area contributed by atoms with Crippen LogP contribution >= 0.6 is 0 Å². The van der Waals surface area contributed by atoms with Gasteiger partial charge in [-0.3, -0.25) is 4.79 Å². The smallest absolute Gasteiger partial charge is 0.225 e. The van der Waals surface area contributed by atoms with Gasteiger partial charge in [-0.05, 0) is 57.4 Å². The van der Waals surface area contributed by atoms with Crippen molar-refractivity contribution in [3.05, 3.63) is 47.8 Å². The number of piperidine rings is 1. The van der Waals surface area contributed by atoms with Crippen LogP contribution in [0.5, 0.6) is 5.75 Å². The van der Waals surface area contributed by atoms with Crippen molar-refractivity contribution in [2.24, 2.45) is 5.92 Å². The predicted molar refractivity (Wildman–Crippen MR) is 106 cm³/mol. The summed E-state index contributed by atoms with van der Waals surface area (Å²) in [6, 6.07) is 9.75. The van der Waals surface area contributed by atoms with Gasteiger partial charge in [0.1, 0.15) is 5.75 Å². The van der Waals surface area contributed by atoms with E-state index in [0.29, 0.717) is 19.0 Å². The number of carbonyl (C=O) groups excluding carboxylic acids is 1. The third-order valence-electron chi connectivity index (χ3n) is 4.62. The molecule has 1 fully saturated rings. The molecule has 27 heavy (non-hydrogen) atoms. The van der Waals surface area contributed by atoms with Crippen LogP contribution in [0.15, 0.2) is 36.5 Å². The van der Waals surface area contributed by atoms with E-state index in [1.54, 1.807) is 6.20 Å². The molecule has 0 bridgehead atoms. The molecule has 1 aromatic carbocycles. The van der Waals surface area contributed by atoms with Gasteiger partial charge in [0.25, 0.3) is 0 Å². The Morgan fingerprint density at radius 2 is 2.07 bits per heavy atom. The summed E-state index contributed by atoms with van der Waals surface area (Å²) >= 11 is 0. The molecule has 0 saturated carbocycles. The third-order valence-corrected chi connectivity index (χ3v) is 4.62. The lowest BCUT2D eigenvalue weighted by Gasteiger charge is -2.32. The molecule has 6 heteroatoms. The van der Waals surface area contributed by atoms with E-state index in [-0.39, 0.29) is 17.9 Å². The highest BCUT2D eigenvalue weighted by atomic mass is 16.5. The first-order chi connectivity index (χ1) is 13.0. The molecule has 0 spiro atoms. The van der Waals surface area contributed by atoms with E-state index in [4.69, 9.17) is 4.74 Å². The molecule has 1 N–H and O–H groups in total. The Kier molecular flexibility index (Phi) is 6.27. The Balaban J connectivity index is 1.53. The first-order valence-corrected chi connectivity index (χ1v) is 9.59. The molecule has 2 heterocycles. The molecule has 6 nitrogen and oxygen atoms in total. The number of aromatic nitrogens is 2. The highest BCUT2D eigenvalue weighted by molar-refractivity contribution is 5.79. The first-order valence-electron chi connectivity index (χ1n) is 9.59. The van der Waals surface area contributed by atoms with Crippen LogP contribution in [0, 0.1) is 12.8 Å². The molecule has 1 aromatic heterocycles. The standard InChI is InChI=1S/C21H28N4O2/c1-15(2)27-19-8-6-17(7-9-19)13-23-20(26)18-5-4-12-25(14-18)21-22-11-10-16(3)24-21/h6-11,15,18H,4-5,12-14H2,1-3H3,(H,23,26)/t18-/m1/s1. The fraction of sp³-hybridized carbons (Fsp3) is 0.476. The van der Waals surface area contributed by atoms with Gasteiger partial charge in [0.2, 0.25) is 11.9 Å². The zero-order chi connectivity index (χ0) is 19.2. The van der Waals surface area contributed by atoms with Gasteiger partial charge < -0.3 is 15.0 Å². The van der Waals surface area contributed by atoms with Crippen molar-refractivity contribution in [1.82, 2.24) is 15.3 Å². The van der Waals surface area contributed by atoms with Gasteiger partial charge in [-0.2, -0.15) is 0 Å². The number of anilines is 1. The predicted octanol–water partition coefficient (Wildman–Crippen LogP) is 3.11. The normalized spacial score (nSPS) is 17.0. The summed E-state index contributed by atoms with van der Waals surface area (Å²) in [4.78, 5) is 23.6. The van der Waals surface area contributed by atoms with Crippen LogP contribution < -0.4 is 15.0 Å². The number of benzene rings is 1. The van der Waals surface area contributed by atoms with E-state index in [0.717, 1.165) is 36.4 Å². The second kappa shape index (κ2) is 8.84. The van der Waals surface area contributed by atoms with E-state index in [1.165, 1.54) is 0 Å². The fourth-order valence-corrected chi connectivity index (χ4v) is 3.25. The Morgan fingerprint density at radius 1 is 1.30 bits per heavy atom. The molecule has 1 aliphatic rings. The van der Waals surface area contributed by atoms with E-state index in [9.17, 15) is 4.79 Å². The van der Waals surface area contributed by atoms with Crippen LogP contribution in [0.1, 0.15) is 37.9 Å². The maximum atomic E-state index is 12.6. The van der Waals surface area contributed by atoms with E-state index in [2.05, 4.69) is 20.2 Å². The zero-order valence-electron chi connectivity index (χ0n) is 16.3. The molecule has 0 unspecified atom stereocenters. The summed E-state index contributed by atoms with van der Waals surface area (Å²) in [6.45, 7) is 8.04. The van der Waals surface area contributed by atoms with Crippen LogP contribution in [0.4, 0.5) is 5.95 Å². The molecule has 3 rings (SSSR count). The van der Waals surface area contributed by atoms with E-state index in [1.807, 2.05) is 51.1 Å². The maximum absolute atomic E-state index is 12.6. The summed E-state index contributed by atoms with van der Waals surface area (Å²) in [6.07, 6.45) is 3.79. The lowest BCUT2D eigenvalue weighted by molar-refractivity contribution is -0.125. The molecule has 2 aromatic rings. The molecule has 1 saturated heterocycles. The summed E-state index contributed by atoms with van der Waals surface area (Å²) in [7, 11) is 0. The van der Waals surface area contributed by atoms with Crippen LogP contribution in [0.3, 0.4) is 0 Å². The van der Waals surface area contributed by atoms with Crippen LogP contribution in [-0.4, -0.2) is 35.1 Å². The summed E-state index contributed by atoms with van der Waals surface area (Å²) < 4.78 is 5.65. The van der Waals surface area contributed by atoms with Crippen LogP contribution in [-0.2, 0) is 11.3 Å². The van der Waals surface area contributed by atoms with Crippen molar-refractivity contribution >= 4 is 11.9 Å². The average molecular weight is 368 g/mol. The van der Waals surface area contributed by atoms with Gasteiger partial charge in [0.05, 0.1) is 12.0 Å². The van der Waals surface area contributed by atoms with Crippen molar-refractivity contribution in [1.29, 1.82) is 0 Å². The van der Waals surface area contributed by atoms with Crippen LogP contribution in [0.2, 0.25) is 0 Å². The van der Waals surface area contributed by atoms with Crippen molar-refractivity contribution < 1.29 is 9.53 Å². The van der Waals surface area contributed by atoms with Gasteiger partial charge in [-0.15, -0.1) is 0 Å². The summed E-state index contributed by atoms with van der Waals surface area (Å²) in [5, 5.41) is 3.07. The van der Waals surface area contributed by atoms with Crippen LogP contribution in [0.25, 0.3) is 0 Å². The molecule has 0 radical (unpaired) electrons. The number of carbonyl (C=O) groups is 1. The second-order valence-electron chi connectivity index (χ2n) is 7.31. The lowest BCUT2D eigenvalue weighted by atomic mass is 9.97. The monoisotopic (exact) mass is 368 g/mol. The van der Waals surface area contributed by atoms with Gasteiger partial charge in [-0.1, -0.05) is 12.1 Å². The molecular formula is C21H28N4O2. The molecule has 1 atom stereocenters. The third kappa shape index (κ3) is 5.42. The Bertz CT molecular complexity index is 761. The van der Waals surface area contributed by atoms with E-state index < -0.39 is 0 Å². The SMILES string of the molecule is Cc1ccnc(N2CCC[C@@H](C(=O)NCc3ccc(OC(C)C)cc3)C2)n1. The molecule has 1 amide bonds. The number of hydrogen-bond acceptors (Lipinski definition) is 5. The first kappa shape index (κ1) is 19.1. The number of amides is 1. The number of hydrogen-bond donors (Lipinski definition) is 1. The quantitative estimate of drug-likeness (QED) is 0.849. The average Bonchev–Trinajstić information content (AvgIpc) is 2.67. The molecule has 0 aliphatic carbocycles. The number of ether oxygens (including phenoxy) is 1. The second-order valence-corrected chi connectivity index (χ2v) is 7.31. The van der Waals surface area contributed by atoms with Gasteiger partial charge in [0.15, 0.2) is 0 Å². The summed E-state index contributed by atoms with van der Waals surface area (Å²) in [5.74, 6) is 1.62. The van der Waals surface area contributed by atoms with Crippen molar-refractivity contribution in [2.45, 2.75) is 46.3 Å². The Hall–Kier alpha value is -2.63. The Labute approximate surface area is 161 Å². The Morgan fingerprint density at radius 3 is 2.78 bits per heavy atom. The highest BCUT2D eigenvalue weighted by Crippen LogP contribution is 2.21. The van der Waals surface area contributed by atoms with Crippen molar-refractivity contribution in [3.8, 4) is 5.75 Å². The van der Waals surface area contributed by atoms with Crippen molar-refractivity contribution in [3.63, 3.8) is 0 Å². The van der Waals surface area contributed by atoms with Crippen molar-refractivity contribution in [2.75, 3.05) is 18.0 Å². The maximum Gasteiger partial charge on any atom is 0.225 e. The minimum atomic E-state index is -0.0357. The largest absolute Gasteiger partial charge is 0.491 e. The lowest BCUT2D eigenvalue weighted by Crippen LogP contribution is -2.43. The number of aryl methyl sites for hydroxylation is 1. The minimum absolute atomic E-state index is 0.0357. The van der Waals surface area contributed by atoms with E-state index >= 15 is 0 Å².